The normalized spacial score (nSPS) is 13.5. The van der Waals surface area contributed by atoms with E-state index in [1.54, 1.807) is 24.3 Å². The van der Waals surface area contributed by atoms with Crippen molar-refractivity contribution >= 4 is 66.5 Å². The fraction of sp³-hybridized carbons (Fsp3) is 0.300. The van der Waals surface area contributed by atoms with Crippen molar-refractivity contribution in [1.82, 2.24) is 10.2 Å². The van der Waals surface area contributed by atoms with E-state index in [1.807, 2.05) is 9.80 Å². The first kappa shape index (κ1) is 24.2. The molecule has 32 heavy (non-hydrogen) atoms. The van der Waals surface area contributed by atoms with Gasteiger partial charge in [0.05, 0.1) is 35.2 Å². The van der Waals surface area contributed by atoms with Crippen LogP contribution in [0.25, 0.3) is 0 Å². The van der Waals surface area contributed by atoms with Crippen LogP contribution in [0.2, 0.25) is 0 Å². The molecule has 0 radical (unpaired) electrons. The van der Waals surface area contributed by atoms with Gasteiger partial charge in [0.1, 0.15) is 17.2 Å². The Morgan fingerprint density at radius 2 is 1.81 bits per heavy atom. The van der Waals surface area contributed by atoms with Gasteiger partial charge in [0.25, 0.3) is 11.6 Å². The molecule has 0 saturated carbocycles. The molecule has 0 aromatic heterocycles. The first-order valence-corrected chi connectivity index (χ1v) is 11.4. The maximum Gasteiger partial charge on any atom is 0.296 e. The highest BCUT2D eigenvalue weighted by molar-refractivity contribution is 9.11. The standard InChI is InChI=1S/C20H20Br2N4O5S/c1-30-13-3-4-16(17(11-13)26(28)29)24-5-7-25(8-6-24)20(32)23-19(27)14-9-12(21)10-15(22)18(14)31-2/h3-4,9-11H,5-8H2,1-2H3,(H,23,27,32). The summed E-state index contributed by atoms with van der Waals surface area (Å²) in [6, 6.07) is 8.23. The topological polar surface area (TPSA) is 97.2 Å². The van der Waals surface area contributed by atoms with Crippen LogP contribution in [0.15, 0.2) is 39.3 Å². The molecule has 170 valence electrons. The summed E-state index contributed by atoms with van der Waals surface area (Å²) in [6.07, 6.45) is 0. The number of nitro groups is 1. The van der Waals surface area contributed by atoms with Crippen molar-refractivity contribution in [2.45, 2.75) is 0 Å². The highest BCUT2D eigenvalue weighted by Crippen LogP contribution is 2.34. The minimum atomic E-state index is -0.418. The van der Waals surface area contributed by atoms with Crippen molar-refractivity contribution in [3.05, 3.63) is 55.0 Å². The Morgan fingerprint density at radius 3 is 2.41 bits per heavy atom. The molecule has 2 aromatic rings. The lowest BCUT2D eigenvalue weighted by atomic mass is 10.2. The Hall–Kier alpha value is -2.44. The molecule has 9 nitrogen and oxygen atoms in total. The van der Waals surface area contributed by atoms with E-state index in [9.17, 15) is 14.9 Å². The minimum Gasteiger partial charge on any atom is -0.496 e. The number of piperazine rings is 1. The predicted molar refractivity (Wildman–Crippen MR) is 132 cm³/mol. The lowest BCUT2D eigenvalue weighted by molar-refractivity contribution is -0.384. The number of hydrogen-bond donors (Lipinski definition) is 1. The molecule has 1 aliphatic rings. The van der Waals surface area contributed by atoms with Gasteiger partial charge < -0.3 is 19.3 Å². The quantitative estimate of drug-likeness (QED) is 0.319. The lowest BCUT2D eigenvalue weighted by Gasteiger charge is -2.37. The number of amides is 1. The average molecular weight is 588 g/mol. The Kier molecular flexibility index (Phi) is 7.91. The van der Waals surface area contributed by atoms with Gasteiger partial charge in [-0.05, 0) is 52.4 Å². The smallest absolute Gasteiger partial charge is 0.296 e. The molecule has 3 rings (SSSR count). The van der Waals surface area contributed by atoms with Gasteiger partial charge in [-0.3, -0.25) is 20.2 Å². The van der Waals surface area contributed by atoms with E-state index in [-0.39, 0.29) is 16.7 Å². The number of hydrogen-bond acceptors (Lipinski definition) is 7. The maximum absolute atomic E-state index is 12.8. The number of nitrogens with zero attached hydrogens (tertiary/aromatic N) is 3. The molecule has 0 aliphatic carbocycles. The third-order valence-electron chi connectivity index (χ3n) is 4.96. The van der Waals surface area contributed by atoms with Crippen LogP contribution >= 0.6 is 44.1 Å². The van der Waals surface area contributed by atoms with E-state index in [4.69, 9.17) is 21.7 Å². The molecule has 1 saturated heterocycles. The van der Waals surface area contributed by atoms with E-state index in [1.165, 1.54) is 20.3 Å². The summed E-state index contributed by atoms with van der Waals surface area (Å²) in [5.74, 6) is 0.449. The van der Waals surface area contributed by atoms with Crippen molar-refractivity contribution in [2.75, 3.05) is 45.3 Å². The zero-order valence-corrected chi connectivity index (χ0v) is 21.3. The summed E-state index contributed by atoms with van der Waals surface area (Å²) in [5, 5.41) is 14.5. The van der Waals surface area contributed by atoms with Crippen LogP contribution in [0.4, 0.5) is 11.4 Å². The Balaban J connectivity index is 1.67. The number of anilines is 1. The molecule has 1 heterocycles. The van der Waals surface area contributed by atoms with Crippen LogP contribution < -0.4 is 19.7 Å². The average Bonchev–Trinajstić information content (AvgIpc) is 2.78. The van der Waals surface area contributed by atoms with E-state index < -0.39 is 4.92 Å². The van der Waals surface area contributed by atoms with Crippen LogP contribution in [0, 0.1) is 10.1 Å². The van der Waals surface area contributed by atoms with Gasteiger partial charge in [-0.2, -0.15) is 0 Å². The maximum atomic E-state index is 12.8. The van der Waals surface area contributed by atoms with Crippen molar-refractivity contribution in [1.29, 1.82) is 0 Å². The number of nitro benzene ring substituents is 1. The second-order valence-electron chi connectivity index (χ2n) is 6.81. The van der Waals surface area contributed by atoms with Crippen molar-refractivity contribution in [2.24, 2.45) is 0 Å². The van der Waals surface area contributed by atoms with Crippen LogP contribution in [-0.4, -0.2) is 61.2 Å². The number of thiocarbonyl (C=S) groups is 1. The van der Waals surface area contributed by atoms with E-state index >= 15 is 0 Å². The second kappa shape index (κ2) is 10.5. The van der Waals surface area contributed by atoms with E-state index in [2.05, 4.69) is 37.2 Å². The number of carbonyl (C=O) groups is 1. The molecule has 1 fully saturated rings. The minimum absolute atomic E-state index is 0.0130. The highest BCUT2D eigenvalue weighted by Gasteiger charge is 2.26. The third kappa shape index (κ3) is 5.30. The number of nitrogens with one attached hydrogen (secondary N) is 1. The Bertz CT molecular complexity index is 1060. The molecule has 0 bridgehead atoms. The van der Waals surface area contributed by atoms with Crippen molar-refractivity contribution in [3.63, 3.8) is 0 Å². The fourth-order valence-electron chi connectivity index (χ4n) is 3.37. The van der Waals surface area contributed by atoms with Gasteiger partial charge in [-0.15, -0.1) is 0 Å². The van der Waals surface area contributed by atoms with Crippen LogP contribution in [0.1, 0.15) is 10.4 Å². The Morgan fingerprint density at radius 1 is 1.12 bits per heavy atom. The monoisotopic (exact) mass is 586 g/mol. The zero-order chi connectivity index (χ0) is 23.4. The predicted octanol–water partition coefficient (Wildman–Crippen LogP) is 3.97. The first-order valence-electron chi connectivity index (χ1n) is 9.45. The molecule has 2 aromatic carbocycles. The van der Waals surface area contributed by atoms with Gasteiger partial charge in [-0.25, -0.2) is 0 Å². The summed E-state index contributed by atoms with van der Waals surface area (Å²) in [5.41, 5.74) is 0.846. The highest BCUT2D eigenvalue weighted by atomic mass is 79.9. The molecule has 12 heteroatoms. The van der Waals surface area contributed by atoms with Gasteiger partial charge in [-0.1, -0.05) is 15.9 Å². The van der Waals surface area contributed by atoms with Crippen molar-refractivity contribution < 1.29 is 19.2 Å². The first-order chi connectivity index (χ1) is 15.2. The third-order valence-corrected chi connectivity index (χ3v) is 6.37. The number of ether oxygens (including phenoxy) is 2. The largest absolute Gasteiger partial charge is 0.496 e. The van der Waals surface area contributed by atoms with Crippen LogP contribution in [0.3, 0.4) is 0 Å². The molecule has 0 atom stereocenters. The van der Waals surface area contributed by atoms with E-state index in [0.29, 0.717) is 53.4 Å². The second-order valence-corrected chi connectivity index (χ2v) is 8.97. The van der Waals surface area contributed by atoms with Gasteiger partial charge in [0.15, 0.2) is 5.11 Å². The number of rotatable bonds is 5. The van der Waals surface area contributed by atoms with Gasteiger partial charge >= 0.3 is 0 Å². The summed E-state index contributed by atoms with van der Waals surface area (Å²) in [7, 11) is 2.95. The molecule has 1 amide bonds. The van der Waals surface area contributed by atoms with E-state index in [0.717, 1.165) is 4.47 Å². The number of methoxy groups -OCH3 is 2. The number of halogens is 2. The summed E-state index contributed by atoms with van der Waals surface area (Å²) in [6.45, 7) is 2.02. The Labute approximate surface area is 207 Å². The fourth-order valence-corrected chi connectivity index (χ4v) is 5.04. The van der Waals surface area contributed by atoms with Gasteiger partial charge in [0.2, 0.25) is 0 Å². The molecule has 1 aliphatic heterocycles. The zero-order valence-electron chi connectivity index (χ0n) is 17.3. The summed E-state index contributed by atoms with van der Waals surface area (Å²) >= 11 is 12.2. The van der Waals surface area contributed by atoms with Crippen LogP contribution in [-0.2, 0) is 0 Å². The molecular formula is C20H20Br2N4O5S. The summed E-state index contributed by atoms with van der Waals surface area (Å²) in [4.78, 5) is 27.7. The molecular weight excluding hydrogens is 568 g/mol. The summed E-state index contributed by atoms with van der Waals surface area (Å²) < 4.78 is 11.8. The number of benzene rings is 2. The van der Waals surface area contributed by atoms with Crippen LogP contribution in [0.5, 0.6) is 11.5 Å². The van der Waals surface area contributed by atoms with Gasteiger partial charge in [0, 0.05) is 30.7 Å². The molecule has 1 N–H and O–H groups in total. The number of carbonyl (C=O) groups excluding carboxylic acids is 1. The molecule has 0 unspecified atom stereocenters. The SMILES string of the molecule is COc1ccc(N2CCN(C(=S)NC(=O)c3cc(Br)cc(Br)c3OC)CC2)c([N+](=O)[O-])c1. The lowest BCUT2D eigenvalue weighted by Crippen LogP contribution is -2.52. The van der Waals surface area contributed by atoms with Crippen molar-refractivity contribution in [3.8, 4) is 11.5 Å². The molecule has 0 spiro atoms.